The van der Waals surface area contributed by atoms with E-state index in [4.69, 9.17) is 15.1 Å². The van der Waals surface area contributed by atoms with E-state index in [0.717, 1.165) is 41.4 Å². The van der Waals surface area contributed by atoms with Crippen LogP contribution in [-0.2, 0) is 19.4 Å². The molecule has 0 radical (unpaired) electrons. The average molecular weight is 443 g/mol. The van der Waals surface area contributed by atoms with Crippen molar-refractivity contribution >= 4 is 38.1 Å². The van der Waals surface area contributed by atoms with Gasteiger partial charge in [-0.2, -0.15) is 0 Å². The molecule has 0 spiro atoms. The Morgan fingerprint density at radius 1 is 0.969 bits per heavy atom. The van der Waals surface area contributed by atoms with Crippen molar-refractivity contribution in [3.63, 3.8) is 0 Å². The molecule has 162 valence electrons. The number of hydrogen-bond donors (Lipinski definition) is 0. The van der Waals surface area contributed by atoms with Crippen molar-refractivity contribution in [1.82, 2.24) is 29.0 Å². The maximum atomic E-state index is 5.07. The van der Waals surface area contributed by atoms with Crippen LogP contribution < -0.4 is 0 Å². The van der Waals surface area contributed by atoms with Crippen LogP contribution in [0.5, 0.6) is 0 Å². The van der Waals surface area contributed by atoms with Gasteiger partial charge in [-0.25, -0.2) is 14.5 Å². The number of likely N-dealkylation sites (tertiary alicyclic amines) is 1. The average Bonchev–Trinajstić information content (AvgIpc) is 3.59. The van der Waals surface area contributed by atoms with E-state index in [1.54, 1.807) is 0 Å². The highest BCUT2D eigenvalue weighted by Crippen LogP contribution is 2.38. The fraction of sp³-hybridized carbons (Fsp3) is 0.400. The van der Waals surface area contributed by atoms with Gasteiger partial charge in [0, 0.05) is 40.6 Å². The molecule has 0 saturated carbocycles. The normalized spacial score (nSPS) is 17.1. The first kappa shape index (κ1) is 18.8. The van der Waals surface area contributed by atoms with Gasteiger partial charge in [0.2, 0.25) is 0 Å². The second-order valence-electron chi connectivity index (χ2n) is 9.14. The van der Waals surface area contributed by atoms with Crippen molar-refractivity contribution in [1.29, 1.82) is 0 Å². The lowest BCUT2D eigenvalue weighted by Gasteiger charge is -2.26. The van der Waals surface area contributed by atoms with E-state index in [-0.39, 0.29) is 0 Å². The van der Waals surface area contributed by atoms with E-state index < -0.39 is 0 Å². The summed E-state index contributed by atoms with van der Waals surface area (Å²) in [6.45, 7) is 4.56. The van der Waals surface area contributed by atoms with Gasteiger partial charge >= 0.3 is 0 Å². The molecule has 5 heterocycles. The van der Waals surface area contributed by atoms with Gasteiger partial charge in [0.1, 0.15) is 11.2 Å². The molecule has 1 saturated heterocycles. The predicted molar refractivity (Wildman–Crippen MR) is 129 cm³/mol. The highest BCUT2D eigenvalue weighted by Gasteiger charge is 2.23. The summed E-state index contributed by atoms with van der Waals surface area (Å²) < 4.78 is 4.27. The van der Waals surface area contributed by atoms with Crippen LogP contribution in [0.25, 0.3) is 38.2 Å². The van der Waals surface area contributed by atoms with Gasteiger partial charge in [0.05, 0.1) is 5.39 Å². The van der Waals surface area contributed by atoms with Crippen LogP contribution in [0.4, 0.5) is 0 Å². The first-order valence-corrected chi connectivity index (χ1v) is 12.6. The Labute approximate surface area is 190 Å². The zero-order valence-electron chi connectivity index (χ0n) is 18.1. The Hall–Kier alpha value is -2.77. The van der Waals surface area contributed by atoms with Gasteiger partial charge in [-0.1, -0.05) is 24.6 Å². The van der Waals surface area contributed by atoms with Gasteiger partial charge in [-0.15, -0.1) is 16.4 Å². The first-order chi connectivity index (χ1) is 15.8. The number of rotatable bonds is 4. The minimum Gasteiger partial charge on any atom is -0.345 e. The predicted octanol–water partition coefficient (Wildman–Crippen LogP) is 4.94. The van der Waals surface area contributed by atoms with Crippen LogP contribution >= 0.6 is 11.3 Å². The number of hydrogen-bond acceptors (Lipinski definition) is 5. The lowest BCUT2D eigenvalue weighted by molar-refractivity contribution is 0.222. The quantitative estimate of drug-likeness (QED) is 0.396. The van der Waals surface area contributed by atoms with Gasteiger partial charge in [-0.3, -0.25) is 0 Å². The Balaban J connectivity index is 1.32. The van der Waals surface area contributed by atoms with E-state index in [0.29, 0.717) is 0 Å². The molecule has 6 nitrogen and oxygen atoms in total. The summed E-state index contributed by atoms with van der Waals surface area (Å²) in [7, 11) is 0. The summed E-state index contributed by atoms with van der Waals surface area (Å²) in [5.74, 6) is 0.796. The van der Waals surface area contributed by atoms with Crippen LogP contribution in [0, 0.1) is 0 Å². The third kappa shape index (κ3) is 2.91. The molecule has 0 unspecified atom stereocenters. The number of nitrogens with zero attached hydrogens (tertiary/aromatic N) is 6. The Morgan fingerprint density at radius 2 is 1.88 bits per heavy atom. The monoisotopic (exact) mass is 442 g/mol. The lowest BCUT2D eigenvalue weighted by Crippen LogP contribution is -2.32. The van der Waals surface area contributed by atoms with Gasteiger partial charge in [-0.05, 0) is 56.8 Å². The Morgan fingerprint density at radius 3 is 2.81 bits per heavy atom. The van der Waals surface area contributed by atoms with Crippen molar-refractivity contribution < 1.29 is 0 Å². The Bertz CT molecular complexity index is 1450. The third-order valence-electron chi connectivity index (χ3n) is 7.18. The number of aryl methyl sites for hydroxylation is 2. The zero-order valence-corrected chi connectivity index (χ0v) is 18.9. The molecule has 0 amide bonds. The van der Waals surface area contributed by atoms with Crippen LogP contribution in [0.15, 0.2) is 36.8 Å². The molecule has 5 aromatic rings. The van der Waals surface area contributed by atoms with E-state index in [1.165, 1.54) is 71.9 Å². The fourth-order valence-electron chi connectivity index (χ4n) is 5.55. The maximum Gasteiger partial charge on any atom is 0.184 e. The maximum absolute atomic E-state index is 5.07. The van der Waals surface area contributed by atoms with E-state index in [9.17, 15) is 0 Å². The fourth-order valence-corrected chi connectivity index (χ4v) is 6.77. The standard InChI is InChI=1S/C25H26N6S/c1-4-11-29(12-5-1)13-14-30-15-19(17-7-2-3-9-20(17)30)23-27-24-22-18-8-6-10-21(18)32-25(22)26-16-31(24)28-23/h2-3,7,9,15-16H,1,4-6,8,10-14H2. The number of piperidine rings is 1. The van der Waals surface area contributed by atoms with Gasteiger partial charge in [0.25, 0.3) is 0 Å². The minimum absolute atomic E-state index is 0.796. The zero-order chi connectivity index (χ0) is 21.1. The highest BCUT2D eigenvalue weighted by molar-refractivity contribution is 7.19. The van der Waals surface area contributed by atoms with Crippen LogP contribution in [-0.4, -0.2) is 48.7 Å². The summed E-state index contributed by atoms with van der Waals surface area (Å²) in [4.78, 5) is 15.0. The third-order valence-corrected chi connectivity index (χ3v) is 8.38. The largest absolute Gasteiger partial charge is 0.345 e. The molecule has 0 N–H and O–H groups in total. The van der Waals surface area contributed by atoms with Crippen molar-refractivity contribution in [2.75, 3.05) is 19.6 Å². The summed E-state index contributed by atoms with van der Waals surface area (Å²) in [5, 5.41) is 7.32. The molecule has 1 fully saturated rings. The number of thiophene rings is 1. The van der Waals surface area contributed by atoms with Crippen molar-refractivity contribution in [2.45, 2.75) is 45.1 Å². The van der Waals surface area contributed by atoms with Gasteiger partial charge < -0.3 is 9.47 Å². The minimum atomic E-state index is 0.796. The lowest BCUT2D eigenvalue weighted by atomic mass is 10.1. The SMILES string of the molecule is c1ccc2c(c1)c(-c1nc3c4c5c(sc4ncn3n1)CCC5)cn2CCN1CCCCC1. The van der Waals surface area contributed by atoms with Gasteiger partial charge in [0.15, 0.2) is 11.5 Å². The number of aromatic nitrogens is 5. The summed E-state index contributed by atoms with van der Waals surface area (Å²) in [6, 6.07) is 8.66. The van der Waals surface area contributed by atoms with Crippen LogP contribution in [0.1, 0.15) is 36.1 Å². The molecule has 2 aliphatic rings. The smallest absolute Gasteiger partial charge is 0.184 e. The van der Waals surface area contributed by atoms with Crippen molar-refractivity contribution in [3.8, 4) is 11.4 Å². The highest BCUT2D eigenvalue weighted by atomic mass is 32.1. The molecule has 0 bridgehead atoms. The van der Waals surface area contributed by atoms with Crippen molar-refractivity contribution in [3.05, 3.63) is 47.2 Å². The topological polar surface area (TPSA) is 51.2 Å². The molecule has 32 heavy (non-hydrogen) atoms. The molecule has 1 aromatic carbocycles. The first-order valence-electron chi connectivity index (χ1n) is 11.8. The summed E-state index contributed by atoms with van der Waals surface area (Å²) in [5.41, 5.74) is 4.78. The molecule has 1 aliphatic heterocycles. The second-order valence-corrected chi connectivity index (χ2v) is 10.2. The number of benzene rings is 1. The van der Waals surface area contributed by atoms with E-state index in [1.807, 2.05) is 22.2 Å². The Kier molecular flexibility index (Phi) is 4.33. The number of fused-ring (bicyclic) bond motifs is 6. The summed E-state index contributed by atoms with van der Waals surface area (Å²) >= 11 is 1.83. The van der Waals surface area contributed by atoms with E-state index in [2.05, 4.69) is 39.9 Å². The van der Waals surface area contributed by atoms with Crippen LogP contribution in [0.3, 0.4) is 0 Å². The molecule has 7 rings (SSSR count). The van der Waals surface area contributed by atoms with Crippen LogP contribution in [0.2, 0.25) is 0 Å². The van der Waals surface area contributed by atoms with Crippen molar-refractivity contribution in [2.24, 2.45) is 0 Å². The molecular formula is C25H26N6S. The van der Waals surface area contributed by atoms with E-state index >= 15 is 0 Å². The molecule has 1 aliphatic carbocycles. The molecular weight excluding hydrogens is 416 g/mol. The number of para-hydroxylation sites is 1. The molecule has 4 aromatic heterocycles. The summed E-state index contributed by atoms with van der Waals surface area (Å²) in [6.07, 6.45) is 11.7. The molecule has 7 heteroatoms. The second kappa shape index (κ2) is 7.39. The molecule has 0 atom stereocenters.